The van der Waals surface area contributed by atoms with Gasteiger partial charge in [-0.1, -0.05) is 13.8 Å². The molecule has 0 amide bonds. The van der Waals surface area contributed by atoms with E-state index in [-0.39, 0.29) is 5.60 Å². The second kappa shape index (κ2) is 12.5. The van der Waals surface area contributed by atoms with Crippen LogP contribution in [0.1, 0.15) is 46.5 Å². The van der Waals surface area contributed by atoms with Gasteiger partial charge < -0.3 is 19.1 Å². The van der Waals surface area contributed by atoms with Gasteiger partial charge in [0.15, 0.2) is 9.76 Å². The number of rotatable bonds is 14. The van der Waals surface area contributed by atoms with Crippen LogP contribution in [-0.2, 0) is 4.43 Å². The van der Waals surface area contributed by atoms with E-state index < -0.39 is 9.76 Å². The Morgan fingerprint density at radius 1 is 0.818 bits per heavy atom. The highest BCUT2D eigenvalue weighted by atomic mass is 28.2. The third kappa shape index (κ3) is 11.6. The molecule has 0 unspecified atom stereocenters. The van der Waals surface area contributed by atoms with E-state index in [0.29, 0.717) is 0 Å². The Balaban J connectivity index is 4.14. The van der Waals surface area contributed by atoms with Gasteiger partial charge in [0.2, 0.25) is 0 Å². The standard InChI is InChI=1S/C17H41N3OSi/c1-8-17(3,9-2)21-22-16-20(14-10-12-18(4)5)15-11-13-19(6)7/h8-16,22H2,1-7H3. The maximum Gasteiger partial charge on any atom is 0.176 e. The van der Waals surface area contributed by atoms with Crippen LogP contribution >= 0.6 is 0 Å². The topological polar surface area (TPSA) is 19.0 Å². The SMILES string of the molecule is CCC(C)(CC)O[SiH2]CN(CCCN(C)C)CCCN(C)C. The Kier molecular flexibility index (Phi) is 12.5. The van der Waals surface area contributed by atoms with Crippen LogP contribution in [0.4, 0.5) is 0 Å². The van der Waals surface area contributed by atoms with E-state index in [0.717, 1.165) is 12.8 Å². The summed E-state index contributed by atoms with van der Waals surface area (Å²) in [5, 5.41) is 0. The highest BCUT2D eigenvalue weighted by Gasteiger charge is 2.19. The summed E-state index contributed by atoms with van der Waals surface area (Å²) >= 11 is 0. The van der Waals surface area contributed by atoms with Crippen LogP contribution in [0.3, 0.4) is 0 Å². The van der Waals surface area contributed by atoms with Crippen molar-refractivity contribution in [3.05, 3.63) is 0 Å². The molecule has 0 heterocycles. The normalized spacial score (nSPS) is 13.4. The van der Waals surface area contributed by atoms with Crippen molar-refractivity contribution >= 4 is 9.76 Å². The van der Waals surface area contributed by atoms with Crippen molar-refractivity contribution < 1.29 is 4.43 Å². The van der Waals surface area contributed by atoms with E-state index in [2.05, 4.69) is 63.7 Å². The molecule has 0 aromatic carbocycles. The van der Waals surface area contributed by atoms with Gasteiger partial charge in [0.1, 0.15) is 0 Å². The van der Waals surface area contributed by atoms with Gasteiger partial charge in [-0.05, 0) is 87.0 Å². The van der Waals surface area contributed by atoms with E-state index in [1.165, 1.54) is 45.2 Å². The predicted molar refractivity (Wildman–Crippen MR) is 101 cm³/mol. The first kappa shape index (κ1) is 22.1. The molecule has 4 nitrogen and oxygen atoms in total. The lowest BCUT2D eigenvalue weighted by Gasteiger charge is -2.30. The summed E-state index contributed by atoms with van der Waals surface area (Å²) in [5.74, 6) is 0. The lowest BCUT2D eigenvalue weighted by atomic mass is 10.0. The van der Waals surface area contributed by atoms with Gasteiger partial charge in [-0.15, -0.1) is 0 Å². The Labute approximate surface area is 142 Å². The first-order valence-corrected chi connectivity index (χ1v) is 10.6. The molecule has 0 aliphatic rings. The van der Waals surface area contributed by atoms with Crippen LogP contribution in [0.5, 0.6) is 0 Å². The van der Waals surface area contributed by atoms with Gasteiger partial charge in [0.25, 0.3) is 0 Å². The van der Waals surface area contributed by atoms with Gasteiger partial charge in [-0.25, -0.2) is 0 Å². The molecule has 0 rings (SSSR count). The smallest absolute Gasteiger partial charge is 0.176 e. The fourth-order valence-electron chi connectivity index (χ4n) is 2.43. The highest BCUT2D eigenvalue weighted by Crippen LogP contribution is 2.18. The molecule has 5 heteroatoms. The van der Waals surface area contributed by atoms with Crippen LogP contribution in [0, 0.1) is 0 Å². The second-order valence-corrected chi connectivity index (χ2v) is 8.30. The van der Waals surface area contributed by atoms with Crippen LogP contribution in [-0.4, -0.2) is 90.6 Å². The predicted octanol–water partition coefficient (Wildman–Crippen LogP) is 1.83. The highest BCUT2D eigenvalue weighted by molar-refractivity contribution is 6.27. The molecule has 22 heavy (non-hydrogen) atoms. The largest absolute Gasteiger partial charge is 0.418 e. The molecule has 0 bridgehead atoms. The molecule has 134 valence electrons. The quantitative estimate of drug-likeness (QED) is 0.452. The Morgan fingerprint density at radius 2 is 1.27 bits per heavy atom. The molecule has 0 saturated heterocycles. The molecule has 0 atom stereocenters. The van der Waals surface area contributed by atoms with Crippen LogP contribution in [0.25, 0.3) is 0 Å². The maximum absolute atomic E-state index is 6.29. The van der Waals surface area contributed by atoms with Crippen molar-refractivity contribution in [3.8, 4) is 0 Å². The van der Waals surface area contributed by atoms with Crippen molar-refractivity contribution in [2.75, 3.05) is 60.5 Å². The Morgan fingerprint density at radius 3 is 1.64 bits per heavy atom. The molecule has 0 aromatic rings. The summed E-state index contributed by atoms with van der Waals surface area (Å²) < 4.78 is 6.29. The fraction of sp³-hybridized carbons (Fsp3) is 1.00. The molecule has 0 saturated carbocycles. The van der Waals surface area contributed by atoms with Crippen LogP contribution in [0.2, 0.25) is 0 Å². The maximum atomic E-state index is 6.29. The van der Waals surface area contributed by atoms with Crippen molar-refractivity contribution in [2.24, 2.45) is 0 Å². The van der Waals surface area contributed by atoms with Gasteiger partial charge >= 0.3 is 0 Å². The zero-order chi connectivity index (χ0) is 17.0. The van der Waals surface area contributed by atoms with Gasteiger partial charge in [0.05, 0.1) is 5.60 Å². The zero-order valence-corrected chi connectivity index (χ0v) is 17.7. The van der Waals surface area contributed by atoms with Gasteiger partial charge in [-0.2, -0.15) is 0 Å². The van der Waals surface area contributed by atoms with Crippen LogP contribution < -0.4 is 0 Å². The summed E-state index contributed by atoms with van der Waals surface area (Å²) in [6.07, 6.45) is 5.94. The first-order chi connectivity index (χ1) is 10.3. The molecule has 0 fully saturated rings. The van der Waals surface area contributed by atoms with E-state index in [1.54, 1.807) is 0 Å². The molecule has 0 aliphatic carbocycles. The molecular formula is C17H41N3OSi. The monoisotopic (exact) mass is 331 g/mol. The van der Waals surface area contributed by atoms with Crippen molar-refractivity contribution in [1.82, 2.24) is 14.7 Å². The lowest BCUT2D eigenvalue weighted by Crippen LogP contribution is -2.37. The van der Waals surface area contributed by atoms with E-state index >= 15 is 0 Å². The molecule has 0 radical (unpaired) electrons. The second-order valence-electron chi connectivity index (χ2n) is 7.16. The fourth-order valence-corrected chi connectivity index (χ4v) is 4.13. The zero-order valence-electron chi connectivity index (χ0n) is 16.3. The first-order valence-electron chi connectivity index (χ1n) is 8.98. The molecule has 0 spiro atoms. The van der Waals surface area contributed by atoms with Crippen molar-refractivity contribution in [3.63, 3.8) is 0 Å². The summed E-state index contributed by atoms with van der Waals surface area (Å²) in [6, 6.07) is 0. The average molecular weight is 332 g/mol. The van der Waals surface area contributed by atoms with E-state index in [1.807, 2.05) is 0 Å². The minimum Gasteiger partial charge on any atom is -0.418 e. The minimum absolute atomic E-state index is 0.116. The van der Waals surface area contributed by atoms with Gasteiger partial charge in [0, 0.05) is 6.17 Å². The van der Waals surface area contributed by atoms with Gasteiger partial charge in [-0.3, -0.25) is 0 Å². The molecule has 0 N–H and O–H groups in total. The third-order valence-corrected chi connectivity index (χ3v) is 6.23. The summed E-state index contributed by atoms with van der Waals surface area (Å²) in [6.45, 7) is 11.5. The van der Waals surface area contributed by atoms with Crippen LogP contribution in [0.15, 0.2) is 0 Å². The molecular weight excluding hydrogens is 290 g/mol. The Bertz CT molecular complexity index is 244. The summed E-state index contributed by atoms with van der Waals surface area (Å²) in [4.78, 5) is 7.18. The number of hydrogen-bond acceptors (Lipinski definition) is 4. The molecule has 0 aliphatic heterocycles. The summed E-state index contributed by atoms with van der Waals surface area (Å²) in [5.41, 5.74) is 0.116. The molecule has 0 aromatic heterocycles. The Hall–Kier alpha value is 0.0569. The average Bonchev–Trinajstić information content (AvgIpc) is 2.45. The number of nitrogens with zero attached hydrogens (tertiary/aromatic N) is 3. The minimum atomic E-state index is -0.458. The van der Waals surface area contributed by atoms with E-state index in [9.17, 15) is 0 Å². The van der Waals surface area contributed by atoms with Crippen molar-refractivity contribution in [2.45, 2.75) is 52.1 Å². The van der Waals surface area contributed by atoms with E-state index in [4.69, 9.17) is 4.43 Å². The third-order valence-electron chi connectivity index (χ3n) is 4.51. The summed E-state index contributed by atoms with van der Waals surface area (Å²) in [7, 11) is 8.16. The number of hydrogen-bond donors (Lipinski definition) is 0. The lowest BCUT2D eigenvalue weighted by molar-refractivity contribution is 0.0813. The van der Waals surface area contributed by atoms with Crippen molar-refractivity contribution in [1.29, 1.82) is 0 Å².